The molecule has 92 valence electrons. The number of carbonyl (C=O) groups is 2. The first-order valence-corrected chi connectivity index (χ1v) is 5.89. The molecule has 16 heavy (non-hydrogen) atoms. The summed E-state index contributed by atoms with van der Waals surface area (Å²) in [5, 5.41) is 11.5. The largest absolute Gasteiger partial charge is 0.481 e. The van der Waals surface area contributed by atoms with Gasteiger partial charge in [-0.05, 0) is 0 Å². The second-order valence-corrected chi connectivity index (χ2v) is 6.03. The third-order valence-corrected chi connectivity index (χ3v) is 3.61. The summed E-state index contributed by atoms with van der Waals surface area (Å²) in [4.78, 5) is 22.3. The summed E-state index contributed by atoms with van der Waals surface area (Å²) < 4.78 is -0.737. The van der Waals surface area contributed by atoms with Crippen LogP contribution in [0.15, 0.2) is 0 Å². The van der Waals surface area contributed by atoms with Crippen LogP contribution < -0.4 is 5.32 Å². The first kappa shape index (κ1) is 13.6. The van der Waals surface area contributed by atoms with Crippen LogP contribution >= 0.6 is 23.2 Å². The minimum absolute atomic E-state index is 0.0362. The van der Waals surface area contributed by atoms with Crippen LogP contribution in [0.5, 0.6) is 0 Å². The third-order valence-electron chi connectivity index (χ3n) is 2.99. The Morgan fingerprint density at radius 1 is 1.31 bits per heavy atom. The Kier molecular flexibility index (Phi) is 4.07. The van der Waals surface area contributed by atoms with Gasteiger partial charge in [0.15, 0.2) is 0 Å². The lowest BCUT2D eigenvalue weighted by Gasteiger charge is -2.39. The Morgan fingerprint density at radius 3 is 2.19 bits per heavy atom. The van der Waals surface area contributed by atoms with Crippen LogP contribution in [0.4, 0.5) is 0 Å². The molecule has 0 aliphatic heterocycles. The van der Waals surface area contributed by atoms with Crippen molar-refractivity contribution < 1.29 is 14.7 Å². The van der Waals surface area contributed by atoms with Gasteiger partial charge in [0.1, 0.15) is 4.33 Å². The summed E-state index contributed by atoms with van der Waals surface area (Å²) >= 11 is 11.6. The third kappa shape index (κ3) is 3.25. The van der Waals surface area contributed by atoms with E-state index in [2.05, 4.69) is 5.32 Å². The van der Waals surface area contributed by atoms with Crippen LogP contribution in [0.2, 0.25) is 0 Å². The van der Waals surface area contributed by atoms with Gasteiger partial charge in [0.05, 0.1) is 5.92 Å². The van der Waals surface area contributed by atoms with Gasteiger partial charge in [-0.15, -0.1) is 23.2 Å². The van der Waals surface area contributed by atoms with Crippen molar-refractivity contribution in [3.05, 3.63) is 0 Å². The minimum Gasteiger partial charge on any atom is -0.481 e. The molecule has 0 heterocycles. The van der Waals surface area contributed by atoms with E-state index in [1.807, 2.05) is 0 Å². The smallest absolute Gasteiger partial charge is 0.307 e. The SMILES string of the molecule is CC(C(=O)O)C(C)C(=O)NC1CC(Cl)(Cl)C1. The normalized spacial score (nSPS) is 23.0. The standard InChI is InChI=1S/C10H15Cl2NO3/c1-5(6(2)9(15)16)8(14)13-7-3-10(11,12)4-7/h5-7H,3-4H2,1-2H3,(H,13,14)(H,15,16). The molecule has 1 aliphatic carbocycles. The molecule has 1 saturated carbocycles. The Bertz CT molecular complexity index is 298. The molecule has 0 saturated heterocycles. The fourth-order valence-corrected chi connectivity index (χ4v) is 2.28. The summed E-state index contributed by atoms with van der Waals surface area (Å²) in [6.45, 7) is 3.11. The molecule has 1 aliphatic rings. The van der Waals surface area contributed by atoms with Gasteiger partial charge in [0.2, 0.25) is 5.91 Å². The fourth-order valence-electron chi connectivity index (χ4n) is 1.54. The Morgan fingerprint density at radius 2 is 1.81 bits per heavy atom. The number of carboxylic acids is 1. The van der Waals surface area contributed by atoms with Gasteiger partial charge in [0.25, 0.3) is 0 Å². The van der Waals surface area contributed by atoms with Gasteiger partial charge >= 0.3 is 5.97 Å². The van der Waals surface area contributed by atoms with Crippen molar-refractivity contribution in [2.24, 2.45) is 11.8 Å². The fraction of sp³-hybridized carbons (Fsp3) is 0.800. The topological polar surface area (TPSA) is 66.4 Å². The van der Waals surface area contributed by atoms with Gasteiger partial charge < -0.3 is 10.4 Å². The second-order valence-electron chi connectivity index (χ2n) is 4.39. The van der Waals surface area contributed by atoms with Crippen LogP contribution in [0.1, 0.15) is 26.7 Å². The number of nitrogens with one attached hydrogen (secondary N) is 1. The molecule has 6 heteroatoms. The minimum atomic E-state index is -0.972. The average Bonchev–Trinajstić information content (AvgIpc) is 2.12. The molecule has 0 bridgehead atoms. The first-order chi connectivity index (χ1) is 7.23. The van der Waals surface area contributed by atoms with Gasteiger partial charge in [0, 0.05) is 24.8 Å². The number of hydrogen-bond donors (Lipinski definition) is 2. The van der Waals surface area contributed by atoms with Crippen molar-refractivity contribution in [2.45, 2.75) is 37.1 Å². The maximum absolute atomic E-state index is 11.6. The Labute approximate surface area is 104 Å². The van der Waals surface area contributed by atoms with E-state index in [0.29, 0.717) is 12.8 Å². The maximum Gasteiger partial charge on any atom is 0.307 e. The molecular formula is C10H15Cl2NO3. The molecule has 1 rings (SSSR count). The number of rotatable bonds is 4. The zero-order chi connectivity index (χ0) is 12.5. The second kappa shape index (κ2) is 4.80. The van der Waals surface area contributed by atoms with E-state index in [1.165, 1.54) is 6.92 Å². The van der Waals surface area contributed by atoms with Crippen LogP contribution in [0.3, 0.4) is 0 Å². The highest BCUT2D eigenvalue weighted by Gasteiger charge is 2.42. The zero-order valence-corrected chi connectivity index (χ0v) is 10.7. The van der Waals surface area contributed by atoms with E-state index in [-0.39, 0.29) is 11.9 Å². The average molecular weight is 268 g/mol. The lowest BCUT2D eigenvalue weighted by molar-refractivity contribution is -0.146. The molecule has 0 aromatic rings. The van der Waals surface area contributed by atoms with E-state index in [1.54, 1.807) is 6.92 Å². The number of carbonyl (C=O) groups excluding carboxylic acids is 1. The van der Waals surface area contributed by atoms with Crippen molar-refractivity contribution in [3.63, 3.8) is 0 Å². The first-order valence-electron chi connectivity index (χ1n) is 5.14. The lowest BCUT2D eigenvalue weighted by Crippen LogP contribution is -2.51. The number of halogens is 2. The highest BCUT2D eigenvalue weighted by atomic mass is 35.5. The summed E-state index contributed by atoms with van der Waals surface area (Å²) in [6.07, 6.45) is 1.02. The molecule has 2 unspecified atom stereocenters. The van der Waals surface area contributed by atoms with E-state index in [4.69, 9.17) is 28.3 Å². The quantitative estimate of drug-likeness (QED) is 0.764. The van der Waals surface area contributed by atoms with Gasteiger partial charge in [-0.2, -0.15) is 0 Å². The van der Waals surface area contributed by atoms with Crippen molar-refractivity contribution in [1.29, 1.82) is 0 Å². The lowest BCUT2D eigenvalue weighted by atomic mass is 9.89. The molecule has 2 N–H and O–H groups in total. The zero-order valence-electron chi connectivity index (χ0n) is 9.17. The van der Waals surface area contributed by atoms with E-state index in [0.717, 1.165) is 0 Å². The van der Waals surface area contributed by atoms with Crippen molar-refractivity contribution in [2.75, 3.05) is 0 Å². The highest BCUT2D eigenvalue weighted by Crippen LogP contribution is 2.42. The summed E-state index contributed by atoms with van der Waals surface area (Å²) in [5.41, 5.74) is 0. The molecule has 0 aromatic heterocycles. The number of amides is 1. The Hall–Kier alpha value is -0.480. The molecule has 1 fully saturated rings. The van der Waals surface area contributed by atoms with E-state index < -0.39 is 22.1 Å². The van der Waals surface area contributed by atoms with E-state index >= 15 is 0 Å². The van der Waals surface area contributed by atoms with Crippen LogP contribution in [-0.4, -0.2) is 27.4 Å². The highest BCUT2D eigenvalue weighted by molar-refractivity contribution is 6.49. The number of alkyl halides is 2. The molecular weight excluding hydrogens is 253 g/mol. The van der Waals surface area contributed by atoms with Crippen LogP contribution in [0.25, 0.3) is 0 Å². The summed E-state index contributed by atoms with van der Waals surface area (Å²) in [6, 6.07) is -0.0362. The molecule has 0 radical (unpaired) electrons. The van der Waals surface area contributed by atoms with E-state index in [9.17, 15) is 9.59 Å². The monoisotopic (exact) mass is 267 g/mol. The Balaban J connectivity index is 2.39. The molecule has 0 spiro atoms. The summed E-state index contributed by atoms with van der Waals surface area (Å²) in [5.74, 6) is -2.49. The van der Waals surface area contributed by atoms with Crippen molar-refractivity contribution >= 4 is 35.1 Å². The van der Waals surface area contributed by atoms with Crippen LogP contribution in [-0.2, 0) is 9.59 Å². The molecule has 1 amide bonds. The maximum atomic E-state index is 11.6. The van der Waals surface area contributed by atoms with Crippen molar-refractivity contribution in [1.82, 2.24) is 5.32 Å². The molecule has 0 aromatic carbocycles. The van der Waals surface area contributed by atoms with Gasteiger partial charge in [-0.1, -0.05) is 13.8 Å². The predicted molar refractivity (Wildman–Crippen MR) is 61.6 cm³/mol. The van der Waals surface area contributed by atoms with Gasteiger partial charge in [-0.3, -0.25) is 9.59 Å². The van der Waals surface area contributed by atoms with Crippen LogP contribution in [0, 0.1) is 11.8 Å². The molecule has 2 atom stereocenters. The number of hydrogen-bond acceptors (Lipinski definition) is 2. The predicted octanol–water partition coefficient (Wildman–Crippen LogP) is 1.80. The molecule has 4 nitrogen and oxygen atoms in total. The van der Waals surface area contributed by atoms with Gasteiger partial charge in [-0.25, -0.2) is 0 Å². The summed E-state index contributed by atoms with van der Waals surface area (Å²) in [7, 11) is 0. The number of carboxylic acid groups (broad SMARTS) is 1. The van der Waals surface area contributed by atoms with Crippen molar-refractivity contribution in [3.8, 4) is 0 Å². The number of aliphatic carboxylic acids is 1.